The zero-order chi connectivity index (χ0) is 14.8. The molecule has 3 rings (SSSR count). The SMILES string of the molecule is CC1=C[C@H](O/C=C2/C(=O)OC[C@@H]2c2ccccc2)OC1=O. The van der Waals surface area contributed by atoms with E-state index in [0.717, 1.165) is 5.56 Å². The van der Waals surface area contributed by atoms with Crippen molar-refractivity contribution < 1.29 is 23.8 Å². The van der Waals surface area contributed by atoms with Crippen LogP contribution in [0, 0.1) is 0 Å². The van der Waals surface area contributed by atoms with E-state index in [4.69, 9.17) is 14.2 Å². The summed E-state index contributed by atoms with van der Waals surface area (Å²) in [6.07, 6.45) is 2.12. The third kappa shape index (κ3) is 2.67. The van der Waals surface area contributed by atoms with Gasteiger partial charge in [-0.2, -0.15) is 0 Å². The highest BCUT2D eigenvalue weighted by Crippen LogP contribution is 2.31. The molecule has 108 valence electrons. The van der Waals surface area contributed by atoms with Crippen LogP contribution in [0.1, 0.15) is 18.4 Å². The van der Waals surface area contributed by atoms with Crippen molar-refractivity contribution in [1.82, 2.24) is 0 Å². The first-order valence-electron chi connectivity index (χ1n) is 6.62. The number of carbonyl (C=O) groups is 2. The van der Waals surface area contributed by atoms with Gasteiger partial charge in [-0.25, -0.2) is 9.59 Å². The zero-order valence-electron chi connectivity index (χ0n) is 11.4. The van der Waals surface area contributed by atoms with Gasteiger partial charge in [-0.15, -0.1) is 0 Å². The summed E-state index contributed by atoms with van der Waals surface area (Å²) in [5.41, 5.74) is 1.90. The summed E-state index contributed by atoms with van der Waals surface area (Å²) in [6.45, 7) is 1.94. The third-order valence-corrected chi connectivity index (χ3v) is 3.45. The van der Waals surface area contributed by atoms with Crippen molar-refractivity contribution >= 4 is 11.9 Å². The largest absolute Gasteiger partial charge is 0.461 e. The van der Waals surface area contributed by atoms with Gasteiger partial charge < -0.3 is 14.2 Å². The number of hydrogen-bond acceptors (Lipinski definition) is 5. The standard InChI is InChI=1S/C16H14O5/c1-10-7-14(21-15(10)17)19-9-13-12(8-20-16(13)18)11-5-3-2-4-6-11/h2-7,9,12,14H,8H2,1H3/b13-9+/t12-,14-/m1/s1. The molecule has 1 fully saturated rings. The van der Waals surface area contributed by atoms with Crippen LogP contribution in [0.3, 0.4) is 0 Å². The van der Waals surface area contributed by atoms with Gasteiger partial charge in [0.2, 0.25) is 0 Å². The Kier molecular flexibility index (Phi) is 3.48. The molecule has 1 saturated heterocycles. The molecule has 2 aliphatic heterocycles. The maximum absolute atomic E-state index is 11.8. The topological polar surface area (TPSA) is 61.8 Å². The van der Waals surface area contributed by atoms with Gasteiger partial charge in [0.1, 0.15) is 6.61 Å². The van der Waals surface area contributed by atoms with Crippen LogP contribution in [0.2, 0.25) is 0 Å². The average molecular weight is 286 g/mol. The van der Waals surface area contributed by atoms with Gasteiger partial charge in [0, 0.05) is 11.6 Å². The lowest BCUT2D eigenvalue weighted by Crippen LogP contribution is -2.11. The van der Waals surface area contributed by atoms with Crippen LogP contribution in [0.25, 0.3) is 0 Å². The van der Waals surface area contributed by atoms with E-state index < -0.39 is 18.2 Å². The van der Waals surface area contributed by atoms with E-state index in [-0.39, 0.29) is 12.5 Å². The van der Waals surface area contributed by atoms with Crippen molar-refractivity contribution in [2.75, 3.05) is 6.61 Å². The van der Waals surface area contributed by atoms with Gasteiger partial charge in [0.05, 0.1) is 17.8 Å². The van der Waals surface area contributed by atoms with Crippen molar-refractivity contribution in [1.29, 1.82) is 0 Å². The molecular formula is C16H14O5. The van der Waals surface area contributed by atoms with Gasteiger partial charge in [-0.1, -0.05) is 30.3 Å². The number of esters is 2. The monoisotopic (exact) mass is 286 g/mol. The fourth-order valence-electron chi connectivity index (χ4n) is 2.28. The Morgan fingerprint density at radius 1 is 1.19 bits per heavy atom. The number of carbonyl (C=O) groups excluding carboxylic acids is 2. The first-order chi connectivity index (χ1) is 10.1. The number of benzene rings is 1. The van der Waals surface area contributed by atoms with Crippen molar-refractivity contribution in [3.63, 3.8) is 0 Å². The Labute approximate surface area is 121 Å². The second-order valence-electron chi connectivity index (χ2n) is 4.89. The van der Waals surface area contributed by atoms with Crippen LogP contribution in [0.15, 0.2) is 53.8 Å². The number of hydrogen-bond donors (Lipinski definition) is 0. The zero-order valence-corrected chi connectivity index (χ0v) is 11.4. The lowest BCUT2D eigenvalue weighted by molar-refractivity contribution is -0.152. The van der Waals surface area contributed by atoms with Crippen LogP contribution in [0.4, 0.5) is 0 Å². The van der Waals surface area contributed by atoms with E-state index in [1.807, 2.05) is 30.3 Å². The van der Waals surface area contributed by atoms with E-state index in [0.29, 0.717) is 11.1 Å². The lowest BCUT2D eigenvalue weighted by atomic mass is 9.94. The van der Waals surface area contributed by atoms with Crippen molar-refractivity contribution in [2.24, 2.45) is 0 Å². The molecule has 21 heavy (non-hydrogen) atoms. The first kappa shape index (κ1) is 13.4. The van der Waals surface area contributed by atoms with Gasteiger partial charge in [-0.05, 0) is 12.5 Å². The van der Waals surface area contributed by atoms with Gasteiger partial charge in [0.15, 0.2) is 0 Å². The number of ether oxygens (including phenoxy) is 3. The normalized spacial score (nSPS) is 26.5. The van der Waals surface area contributed by atoms with E-state index in [2.05, 4.69) is 0 Å². The van der Waals surface area contributed by atoms with Gasteiger partial charge >= 0.3 is 11.9 Å². The van der Waals surface area contributed by atoms with Gasteiger partial charge in [-0.3, -0.25) is 0 Å². The molecule has 0 aromatic heterocycles. The van der Waals surface area contributed by atoms with Crippen molar-refractivity contribution in [3.8, 4) is 0 Å². The molecule has 0 saturated carbocycles. The molecule has 2 atom stereocenters. The fraction of sp³-hybridized carbons (Fsp3) is 0.250. The van der Waals surface area contributed by atoms with Crippen LogP contribution in [-0.4, -0.2) is 24.8 Å². The average Bonchev–Trinajstić information content (AvgIpc) is 3.01. The minimum atomic E-state index is -0.783. The molecular weight excluding hydrogens is 272 g/mol. The highest BCUT2D eigenvalue weighted by Gasteiger charge is 2.33. The van der Waals surface area contributed by atoms with Crippen molar-refractivity contribution in [2.45, 2.75) is 19.1 Å². The molecule has 0 amide bonds. The predicted molar refractivity (Wildman–Crippen MR) is 72.9 cm³/mol. The van der Waals surface area contributed by atoms with Gasteiger partial charge in [0.25, 0.3) is 6.29 Å². The molecule has 0 unspecified atom stereocenters. The molecule has 1 aromatic rings. The Bertz CT molecular complexity index is 629. The first-order valence-corrected chi connectivity index (χ1v) is 6.62. The second kappa shape index (κ2) is 5.44. The molecule has 2 heterocycles. The molecule has 0 radical (unpaired) electrons. The maximum Gasteiger partial charge on any atom is 0.337 e. The van der Waals surface area contributed by atoms with E-state index >= 15 is 0 Å². The van der Waals surface area contributed by atoms with Crippen LogP contribution in [0.5, 0.6) is 0 Å². The lowest BCUT2D eigenvalue weighted by Gasteiger charge is -2.11. The molecule has 5 heteroatoms. The Morgan fingerprint density at radius 3 is 2.62 bits per heavy atom. The van der Waals surface area contributed by atoms with Crippen LogP contribution >= 0.6 is 0 Å². The Morgan fingerprint density at radius 2 is 1.95 bits per heavy atom. The molecule has 0 aliphatic carbocycles. The van der Waals surface area contributed by atoms with Crippen molar-refractivity contribution in [3.05, 3.63) is 59.4 Å². The van der Waals surface area contributed by atoms with E-state index in [1.165, 1.54) is 6.26 Å². The summed E-state index contributed by atoms with van der Waals surface area (Å²) in [7, 11) is 0. The molecule has 2 aliphatic rings. The minimum absolute atomic E-state index is 0.166. The molecule has 5 nitrogen and oxygen atoms in total. The predicted octanol–water partition coefficient (Wildman–Crippen LogP) is 2.06. The molecule has 0 spiro atoms. The summed E-state index contributed by atoms with van der Waals surface area (Å²) >= 11 is 0. The van der Waals surface area contributed by atoms with Crippen LogP contribution in [-0.2, 0) is 23.8 Å². The Hall–Kier alpha value is -2.56. The molecule has 1 aromatic carbocycles. The third-order valence-electron chi connectivity index (χ3n) is 3.45. The van der Waals surface area contributed by atoms with E-state index in [9.17, 15) is 9.59 Å². The summed E-state index contributed by atoms with van der Waals surface area (Å²) in [4.78, 5) is 23.0. The smallest absolute Gasteiger partial charge is 0.337 e. The summed E-state index contributed by atoms with van der Waals surface area (Å²) in [5.74, 6) is -0.984. The van der Waals surface area contributed by atoms with E-state index in [1.54, 1.807) is 13.0 Å². The number of rotatable bonds is 3. The minimum Gasteiger partial charge on any atom is -0.461 e. The summed E-state index contributed by atoms with van der Waals surface area (Å²) in [5, 5.41) is 0. The number of cyclic esters (lactones) is 2. The second-order valence-corrected chi connectivity index (χ2v) is 4.89. The molecule has 0 bridgehead atoms. The summed E-state index contributed by atoms with van der Waals surface area (Å²) in [6, 6.07) is 9.58. The maximum atomic E-state index is 11.8. The Balaban J connectivity index is 1.77. The molecule has 0 N–H and O–H groups in total. The summed E-state index contributed by atoms with van der Waals surface area (Å²) < 4.78 is 15.4. The highest BCUT2D eigenvalue weighted by atomic mass is 16.7. The quantitative estimate of drug-likeness (QED) is 0.483. The van der Waals surface area contributed by atoms with Crippen LogP contribution < -0.4 is 0 Å². The highest BCUT2D eigenvalue weighted by molar-refractivity contribution is 5.92. The fourth-order valence-corrected chi connectivity index (χ4v) is 2.28.